The third-order valence-electron chi connectivity index (χ3n) is 4.99. The molecule has 148 valence electrons. The summed E-state index contributed by atoms with van der Waals surface area (Å²) in [5.41, 5.74) is 2.15. The van der Waals surface area contributed by atoms with Crippen LogP contribution in [0.1, 0.15) is 23.2 Å². The topological polar surface area (TPSA) is 78.4 Å². The number of carbonyl (C=O) groups excluding carboxylic acids is 2. The maximum atomic E-state index is 13.0. The van der Waals surface area contributed by atoms with Crippen LogP contribution in [-0.2, 0) is 4.79 Å². The molecule has 2 aromatic carbocycles. The molecule has 1 N–H and O–H groups in total. The SMILES string of the molecule is CN1CCCN(C(=O)CCNC(=O)c2ccccc2)c2nc3ccccc3nc21. The molecule has 0 radical (unpaired) electrons. The number of nitrogens with one attached hydrogen (secondary N) is 1. The first kappa shape index (κ1) is 18.9. The third kappa shape index (κ3) is 4.03. The summed E-state index contributed by atoms with van der Waals surface area (Å²) < 4.78 is 0. The smallest absolute Gasteiger partial charge is 0.251 e. The highest BCUT2D eigenvalue weighted by Gasteiger charge is 2.26. The van der Waals surface area contributed by atoms with Gasteiger partial charge in [-0.05, 0) is 30.7 Å². The number of aromatic nitrogens is 2. The Morgan fingerprint density at radius 3 is 2.31 bits per heavy atom. The molecule has 2 heterocycles. The standard InChI is InChI=1S/C22H23N5O2/c1-26-14-7-15-27(21-20(26)24-17-10-5-6-11-18(17)25-21)19(28)12-13-23-22(29)16-8-3-2-4-9-16/h2-6,8-11H,7,12-15H2,1H3,(H,23,29). The van der Waals surface area contributed by atoms with Gasteiger partial charge in [0.2, 0.25) is 5.91 Å². The molecule has 7 nitrogen and oxygen atoms in total. The lowest BCUT2D eigenvalue weighted by molar-refractivity contribution is -0.118. The van der Waals surface area contributed by atoms with Gasteiger partial charge in [0, 0.05) is 38.7 Å². The first-order valence-corrected chi connectivity index (χ1v) is 9.75. The van der Waals surface area contributed by atoms with E-state index in [2.05, 4.69) is 5.32 Å². The molecule has 0 atom stereocenters. The van der Waals surface area contributed by atoms with E-state index in [-0.39, 0.29) is 24.8 Å². The average molecular weight is 389 g/mol. The van der Waals surface area contributed by atoms with E-state index in [0.717, 1.165) is 24.0 Å². The van der Waals surface area contributed by atoms with Gasteiger partial charge < -0.3 is 10.2 Å². The van der Waals surface area contributed by atoms with Crippen molar-refractivity contribution in [3.63, 3.8) is 0 Å². The van der Waals surface area contributed by atoms with Crippen LogP contribution in [0.25, 0.3) is 11.0 Å². The molecule has 0 unspecified atom stereocenters. The van der Waals surface area contributed by atoms with Crippen LogP contribution in [0, 0.1) is 0 Å². The number of para-hydroxylation sites is 2. The van der Waals surface area contributed by atoms with Gasteiger partial charge in [0.25, 0.3) is 5.91 Å². The van der Waals surface area contributed by atoms with Crippen LogP contribution in [0.2, 0.25) is 0 Å². The number of rotatable bonds is 4. The second kappa shape index (κ2) is 8.26. The molecule has 0 fully saturated rings. The van der Waals surface area contributed by atoms with Gasteiger partial charge in [-0.2, -0.15) is 0 Å². The number of anilines is 2. The maximum Gasteiger partial charge on any atom is 0.251 e. The molecule has 0 bridgehead atoms. The third-order valence-corrected chi connectivity index (χ3v) is 4.99. The molecular weight excluding hydrogens is 366 g/mol. The van der Waals surface area contributed by atoms with Crippen molar-refractivity contribution in [1.82, 2.24) is 15.3 Å². The quantitative estimate of drug-likeness (QED) is 0.742. The average Bonchev–Trinajstić information content (AvgIpc) is 2.91. The number of benzene rings is 2. The maximum absolute atomic E-state index is 13.0. The molecule has 1 aliphatic rings. The number of carbonyl (C=O) groups is 2. The molecule has 4 rings (SSSR count). The fraction of sp³-hybridized carbons (Fsp3) is 0.273. The van der Waals surface area contributed by atoms with E-state index < -0.39 is 0 Å². The predicted molar refractivity (Wildman–Crippen MR) is 113 cm³/mol. The minimum Gasteiger partial charge on any atom is -0.357 e. The summed E-state index contributed by atoms with van der Waals surface area (Å²) in [6.07, 6.45) is 1.03. The molecule has 0 saturated carbocycles. The van der Waals surface area contributed by atoms with Gasteiger partial charge in [0.1, 0.15) is 0 Å². The molecule has 0 aliphatic carbocycles. The predicted octanol–water partition coefficient (Wildman–Crippen LogP) is 2.62. The summed E-state index contributed by atoms with van der Waals surface area (Å²) in [7, 11) is 1.97. The van der Waals surface area contributed by atoms with Crippen molar-refractivity contribution >= 4 is 34.5 Å². The van der Waals surface area contributed by atoms with Crippen molar-refractivity contribution in [3.05, 3.63) is 60.2 Å². The van der Waals surface area contributed by atoms with E-state index in [1.54, 1.807) is 17.0 Å². The van der Waals surface area contributed by atoms with E-state index in [0.29, 0.717) is 23.7 Å². The molecule has 29 heavy (non-hydrogen) atoms. The molecule has 1 aromatic heterocycles. The van der Waals surface area contributed by atoms with Crippen LogP contribution in [0.4, 0.5) is 11.6 Å². The van der Waals surface area contributed by atoms with Crippen molar-refractivity contribution in [2.75, 3.05) is 36.5 Å². The normalized spacial score (nSPS) is 13.7. The summed E-state index contributed by atoms with van der Waals surface area (Å²) in [5, 5.41) is 2.81. The van der Waals surface area contributed by atoms with Gasteiger partial charge in [0.15, 0.2) is 11.6 Å². The molecule has 1 aliphatic heterocycles. The van der Waals surface area contributed by atoms with Crippen LogP contribution in [0.3, 0.4) is 0 Å². The zero-order valence-electron chi connectivity index (χ0n) is 16.3. The first-order chi connectivity index (χ1) is 14.1. The van der Waals surface area contributed by atoms with Gasteiger partial charge in [-0.15, -0.1) is 0 Å². The second-order valence-corrected chi connectivity index (χ2v) is 7.05. The van der Waals surface area contributed by atoms with Crippen molar-refractivity contribution in [2.24, 2.45) is 0 Å². The minimum atomic E-state index is -0.180. The Morgan fingerprint density at radius 2 is 1.59 bits per heavy atom. The van der Waals surface area contributed by atoms with Crippen LogP contribution < -0.4 is 15.1 Å². The minimum absolute atomic E-state index is 0.0699. The van der Waals surface area contributed by atoms with Gasteiger partial charge in [-0.3, -0.25) is 14.5 Å². The van der Waals surface area contributed by atoms with Crippen LogP contribution in [-0.4, -0.2) is 48.5 Å². The number of fused-ring (bicyclic) bond motifs is 2. The van der Waals surface area contributed by atoms with Crippen molar-refractivity contribution < 1.29 is 9.59 Å². The van der Waals surface area contributed by atoms with Crippen LogP contribution in [0.15, 0.2) is 54.6 Å². The van der Waals surface area contributed by atoms with Crippen molar-refractivity contribution in [3.8, 4) is 0 Å². The Kier molecular flexibility index (Phi) is 5.37. The lowest BCUT2D eigenvalue weighted by Crippen LogP contribution is -2.35. The summed E-state index contributed by atoms with van der Waals surface area (Å²) in [6.45, 7) is 1.65. The fourth-order valence-electron chi connectivity index (χ4n) is 3.45. The molecular formula is C22H23N5O2. The summed E-state index contributed by atoms with van der Waals surface area (Å²) in [6, 6.07) is 16.6. The van der Waals surface area contributed by atoms with E-state index in [1.165, 1.54) is 0 Å². The number of hydrogen-bond donors (Lipinski definition) is 1. The highest BCUT2D eigenvalue weighted by molar-refractivity contribution is 5.98. The number of nitrogens with zero attached hydrogens (tertiary/aromatic N) is 4. The first-order valence-electron chi connectivity index (χ1n) is 9.75. The molecule has 3 aromatic rings. The van der Waals surface area contributed by atoms with Crippen LogP contribution in [0.5, 0.6) is 0 Å². The zero-order chi connectivity index (χ0) is 20.2. The monoisotopic (exact) mass is 389 g/mol. The second-order valence-electron chi connectivity index (χ2n) is 7.05. The summed E-state index contributed by atoms with van der Waals surface area (Å²) in [5.74, 6) is 1.05. The van der Waals surface area contributed by atoms with Crippen molar-refractivity contribution in [2.45, 2.75) is 12.8 Å². The van der Waals surface area contributed by atoms with Crippen molar-refractivity contribution in [1.29, 1.82) is 0 Å². The zero-order valence-corrected chi connectivity index (χ0v) is 16.3. The fourth-order valence-corrected chi connectivity index (χ4v) is 3.45. The van der Waals surface area contributed by atoms with Crippen LogP contribution >= 0.6 is 0 Å². The van der Waals surface area contributed by atoms with Gasteiger partial charge in [-0.25, -0.2) is 9.97 Å². The Labute approximate surface area is 169 Å². The van der Waals surface area contributed by atoms with E-state index in [4.69, 9.17) is 9.97 Å². The van der Waals surface area contributed by atoms with E-state index >= 15 is 0 Å². The highest BCUT2D eigenvalue weighted by atomic mass is 16.2. The summed E-state index contributed by atoms with van der Waals surface area (Å²) in [4.78, 5) is 38.4. The summed E-state index contributed by atoms with van der Waals surface area (Å²) >= 11 is 0. The van der Waals surface area contributed by atoms with E-state index in [1.807, 2.05) is 54.4 Å². The number of hydrogen-bond acceptors (Lipinski definition) is 5. The van der Waals surface area contributed by atoms with E-state index in [9.17, 15) is 9.59 Å². The lowest BCUT2D eigenvalue weighted by atomic mass is 10.2. The Hall–Kier alpha value is -3.48. The van der Waals surface area contributed by atoms with Gasteiger partial charge in [-0.1, -0.05) is 30.3 Å². The Bertz CT molecular complexity index is 1040. The Balaban J connectivity index is 1.50. The molecule has 0 saturated heterocycles. The number of amides is 2. The lowest BCUT2D eigenvalue weighted by Gasteiger charge is -2.23. The highest BCUT2D eigenvalue weighted by Crippen LogP contribution is 2.30. The molecule has 2 amide bonds. The Morgan fingerprint density at radius 1 is 0.931 bits per heavy atom. The van der Waals surface area contributed by atoms with Gasteiger partial charge >= 0.3 is 0 Å². The van der Waals surface area contributed by atoms with Gasteiger partial charge in [0.05, 0.1) is 11.0 Å². The molecule has 0 spiro atoms. The molecule has 7 heteroatoms. The largest absolute Gasteiger partial charge is 0.357 e.